The van der Waals surface area contributed by atoms with Crippen molar-refractivity contribution in [2.45, 2.75) is 38.5 Å². The van der Waals surface area contributed by atoms with Crippen LogP contribution < -0.4 is 5.32 Å². The molecule has 0 aliphatic heterocycles. The standard InChI is InChI=1S/C39H37N/c1-10-14-17-31(5)30-40-37(19-15-18-32-21-26-35(27-22-32)38(6,7)12-3)34(16-11-2)25-20-33-23-28-36(29-24-33)39(8,9)13-4/h3-4,10-11,14,16-17,19,21-24,26-29,40H,1-2,5,30H2,6-9H3/p+1/b17-14-,34-16-,37-19-. The molecule has 0 radical (unpaired) electrons. The molecule has 0 aliphatic carbocycles. The van der Waals surface area contributed by atoms with E-state index in [1.807, 2.05) is 101 Å². The molecule has 0 fully saturated rings. The number of benzene rings is 2. The molecule has 0 bridgehead atoms. The Morgan fingerprint density at radius 2 is 1.35 bits per heavy atom. The Morgan fingerprint density at radius 3 is 1.82 bits per heavy atom. The summed E-state index contributed by atoms with van der Waals surface area (Å²) in [5.74, 6) is 18.7. The highest BCUT2D eigenvalue weighted by Gasteiger charge is 2.17. The molecule has 0 saturated carbocycles. The molecule has 0 amide bonds. The normalized spacial score (nSPS) is 11.8. The van der Waals surface area contributed by atoms with Gasteiger partial charge in [-0.25, -0.2) is 0 Å². The summed E-state index contributed by atoms with van der Waals surface area (Å²) in [5.41, 5.74) is 5.95. The Balaban J connectivity index is 2.42. The van der Waals surface area contributed by atoms with Crippen molar-refractivity contribution in [3.63, 3.8) is 0 Å². The van der Waals surface area contributed by atoms with Crippen molar-refractivity contribution in [1.29, 1.82) is 0 Å². The van der Waals surface area contributed by atoms with Crippen molar-refractivity contribution in [2.75, 3.05) is 6.54 Å². The molecule has 0 heterocycles. The van der Waals surface area contributed by atoms with Gasteiger partial charge >= 0.3 is 0 Å². The van der Waals surface area contributed by atoms with Crippen LogP contribution in [0.3, 0.4) is 0 Å². The first-order valence-electron chi connectivity index (χ1n) is 13.1. The molecular formula is C39H38N+. The molecule has 1 heteroatoms. The lowest BCUT2D eigenvalue weighted by Gasteiger charge is -2.17. The summed E-state index contributed by atoms with van der Waals surface area (Å²) in [7, 11) is 0. The smallest absolute Gasteiger partial charge is 0.154 e. The Bertz CT molecular complexity index is 1530. The van der Waals surface area contributed by atoms with Crippen LogP contribution in [0.2, 0.25) is 0 Å². The van der Waals surface area contributed by atoms with E-state index in [0.717, 1.165) is 39.1 Å². The van der Waals surface area contributed by atoms with E-state index in [1.165, 1.54) is 0 Å². The van der Waals surface area contributed by atoms with Gasteiger partial charge in [-0.1, -0.05) is 104 Å². The second-order valence-electron chi connectivity index (χ2n) is 10.3. The second-order valence-corrected chi connectivity index (χ2v) is 10.3. The van der Waals surface area contributed by atoms with Gasteiger partial charge in [0, 0.05) is 11.1 Å². The van der Waals surface area contributed by atoms with E-state index >= 15 is 0 Å². The molecule has 2 aromatic carbocycles. The summed E-state index contributed by atoms with van der Waals surface area (Å²) in [6, 6.07) is 16.1. The van der Waals surface area contributed by atoms with Crippen LogP contribution in [0.4, 0.5) is 0 Å². The number of quaternary nitrogens is 1. The molecule has 0 spiro atoms. The van der Waals surface area contributed by atoms with Crippen LogP contribution in [-0.4, -0.2) is 6.54 Å². The van der Waals surface area contributed by atoms with Crippen molar-refractivity contribution in [1.82, 2.24) is 0 Å². The van der Waals surface area contributed by atoms with Gasteiger partial charge in [0.05, 0.1) is 22.5 Å². The van der Waals surface area contributed by atoms with Crippen LogP contribution in [-0.2, 0) is 10.8 Å². The van der Waals surface area contributed by atoms with Crippen molar-refractivity contribution in [2.24, 2.45) is 0 Å². The number of nitrogens with two attached hydrogens (primary N) is 1. The Morgan fingerprint density at radius 1 is 0.825 bits per heavy atom. The molecule has 40 heavy (non-hydrogen) atoms. The van der Waals surface area contributed by atoms with Crippen LogP contribution in [0.1, 0.15) is 49.9 Å². The van der Waals surface area contributed by atoms with E-state index in [1.54, 1.807) is 12.2 Å². The molecule has 0 aromatic heterocycles. The first kappa shape index (κ1) is 31.3. The summed E-state index contributed by atoms with van der Waals surface area (Å²) < 4.78 is 0. The molecule has 2 N–H and O–H groups in total. The minimum atomic E-state index is -0.330. The third kappa shape index (κ3) is 9.43. The average molecular weight is 521 g/mol. The van der Waals surface area contributed by atoms with Crippen molar-refractivity contribution in [3.05, 3.63) is 144 Å². The zero-order valence-electron chi connectivity index (χ0n) is 24.1. The minimum Gasteiger partial charge on any atom is -0.308 e. The highest BCUT2D eigenvalue weighted by Crippen LogP contribution is 2.23. The first-order valence-corrected chi connectivity index (χ1v) is 13.1. The SMILES string of the molecule is C#CC(C)(C)c1ccc(C#C/C=C([NH2+]CC(=C)/C=C\C=C)/C(C#Cc2ccc(C(C)(C)C#C)cc2)=C\C=C)cc1. The summed E-state index contributed by atoms with van der Waals surface area (Å²) in [4.78, 5) is 0. The maximum absolute atomic E-state index is 5.69. The Labute approximate surface area is 242 Å². The predicted octanol–water partition coefficient (Wildman–Crippen LogP) is 6.77. The van der Waals surface area contributed by atoms with Gasteiger partial charge in [-0.15, -0.1) is 12.8 Å². The minimum absolute atomic E-state index is 0.322. The van der Waals surface area contributed by atoms with E-state index in [2.05, 4.69) is 60.6 Å². The van der Waals surface area contributed by atoms with Crippen LogP contribution in [0.5, 0.6) is 0 Å². The van der Waals surface area contributed by atoms with Gasteiger partial charge in [0.25, 0.3) is 0 Å². The van der Waals surface area contributed by atoms with Gasteiger partial charge in [-0.2, -0.15) is 0 Å². The molecular weight excluding hydrogens is 482 g/mol. The van der Waals surface area contributed by atoms with Gasteiger partial charge in [0.15, 0.2) is 5.70 Å². The lowest BCUT2D eigenvalue weighted by molar-refractivity contribution is -0.594. The zero-order chi connectivity index (χ0) is 29.6. The van der Waals surface area contributed by atoms with Gasteiger partial charge in [0.2, 0.25) is 0 Å². The maximum atomic E-state index is 5.69. The van der Waals surface area contributed by atoms with Crippen molar-refractivity contribution in [3.8, 4) is 48.4 Å². The van der Waals surface area contributed by atoms with Gasteiger partial charge in [0.1, 0.15) is 6.54 Å². The van der Waals surface area contributed by atoms with Crippen molar-refractivity contribution < 1.29 is 5.32 Å². The van der Waals surface area contributed by atoms with Gasteiger partial charge < -0.3 is 5.32 Å². The number of allylic oxidation sites excluding steroid dienone is 6. The van der Waals surface area contributed by atoms with Crippen LogP contribution in [0.15, 0.2) is 122 Å². The van der Waals surface area contributed by atoms with E-state index in [-0.39, 0.29) is 10.8 Å². The molecule has 0 saturated heterocycles. The summed E-state index contributed by atoms with van der Waals surface area (Å²) in [5, 5.41) is 2.07. The zero-order valence-corrected chi connectivity index (χ0v) is 24.1. The first-order chi connectivity index (χ1) is 19.1. The van der Waals surface area contributed by atoms with Gasteiger partial charge in [-0.05, 0) is 74.7 Å². The predicted molar refractivity (Wildman–Crippen MR) is 172 cm³/mol. The fourth-order valence-corrected chi connectivity index (χ4v) is 3.53. The average Bonchev–Trinajstić information content (AvgIpc) is 2.96. The Kier molecular flexibility index (Phi) is 11.6. The number of hydrogen-bond acceptors (Lipinski definition) is 0. The fraction of sp³-hybridized carbons (Fsp3) is 0.179. The van der Waals surface area contributed by atoms with E-state index in [4.69, 9.17) is 12.8 Å². The number of hydrogen-bond donors (Lipinski definition) is 1. The largest absolute Gasteiger partial charge is 0.308 e. The number of rotatable bonds is 9. The topological polar surface area (TPSA) is 16.6 Å². The third-order valence-electron chi connectivity index (χ3n) is 6.37. The highest BCUT2D eigenvalue weighted by molar-refractivity contribution is 5.51. The molecule has 2 rings (SSSR count). The molecule has 0 unspecified atom stereocenters. The lowest BCUT2D eigenvalue weighted by Crippen LogP contribution is -2.82. The van der Waals surface area contributed by atoms with Crippen LogP contribution >= 0.6 is 0 Å². The molecule has 0 aliphatic rings. The lowest BCUT2D eigenvalue weighted by atomic mass is 9.85. The van der Waals surface area contributed by atoms with Crippen LogP contribution in [0, 0.1) is 48.4 Å². The quantitative estimate of drug-likeness (QED) is 0.278. The molecule has 0 atom stereocenters. The molecule has 2 aromatic rings. The summed E-state index contributed by atoms with van der Waals surface area (Å²) in [6.45, 7) is 20.5. The molecule has 198 valence electrons. The second kappa shape index (κ2) is 14.9. The maximum Gasteiger partial charge on any atom is 0.154 e. The van der Waals surface area contributed by atoms with Gasteiger partial charge in [-0.3, -0.25) is 0 Å². The molecule has 1 nitrogen and oxygen atoms in total. The van der Waals surface area contributed by atoms with E-state index in [0.29, 0.717) is 6.54 Å². The highest BCUT2D eigenvalue weighted by atomic mass is 14.9. The monoisotopic (exact) mass is 520 g/mol. The van der Waals surface area contributed by atoms with Crippen LogP contribution in [0.25, 0.3) is 0 Å². The number of terminal acetylenes is 2. The fourth-order valence-electron chi connectivity index (χ4n) is 3.53. The van der Waals surface area contributed by atoms with E-state index in [9.17, 15) is 0 Å². The van der Waals surface area contributed by atoms with Crippen molar-refractivity contribution >= 4 is 0 Å². The summed E-state index contributed by atoms with van der Waals surface area (Å²) in [6.07, 6.45) is 22.4. The summed E-state index contributed by atoms with van der Waals surface area (Å²) >= 11 is 0. The third-order valence-corrected chi connectivity index (χ3v) is 6.37. The van der Waals surface area contributed by atoms with E-state index < -0.39 is 0 Å². The Hall–Kier alpha value is -4.92.